The first kappa shape index (κ1) is 22.7. The minimum absolute atomic E-state index is 0.251. The molecule has 0 aliphatic carbocycles. The molecule has 2 amide bonds. The zero-order valence-corrected chi connectivity index (χ0v) is 19.5. The lowest BCUT2D eigenvalue weighted by molar-refractivity contribution is -0.133. The van der Waals surface area contributed by atoms with Crippen molar-refractivity contribution >= 4 is 39.8 Å². The van der Waals surface area contributed by atoms with Crippen molar-refractivity contribution in [1.82, 2.24) is 9.97 Å². The molecular weight excluding hydrogens is 450 g/mol. The summed E-state index contributed by atoms with van der Waals surface area (Å²) in [5, 5.41) is 6.72. The Balaban J connectivity index is 1.31. The van der Waals surface area contributed by atoms with E-state index in [1.165, 1.54) is 0 Å². The molecule has 0 saturated heterocycles. The van der Waals surface area contributed by atoms with E-state index in [-0.39, 0.29) is 5.82 Å². The molecule has 7 heteroatoms. The average Bonchev–Trinajstić information content (AvgIpc) is 2.89. The number of hydrogen-bond donors (Lipinski definition) is 3. The summed E-state index contributed by atoms with van der Waals surface area (Å²) in [4.78, 5) is 33.5. The number of rotatable bonds is 4. The number of amides is 2. The Morgan fingerprint density at radius 3 is 2.25 bits per heavy atom. The van der Waals surface area contributed by atoms with Crippen molar-refractivity contribution in [3.05, 3.63) is 103 Å². The van der Waals surface area contributed by atoms with Gasteiger partial charge in [-0.1, -0.05) is 42.5 Å². The van der Waals surface area contributed by atoms with Crippen molar-refractivity contribution in [1.29, 1.82) is 0 Å². The summed E-state index contributed by atoms with van der Waals surface area (Å²) < 4.78 is 0. The number of aromatic nitrogens is 2. The molecule has 0 atom stereocenters. The standard InChI is InChI=1S/C29H23N5O2/c1-18-11-12-31-16-24(18)21-13-22-15-27(32-17-25(22)26(30)14-21)34-29(36)28(35)33-23-9-7-20(8-10-23)19-5-3-2-4-6-19/h2-17H,30H2,1H3,(H,33,35)(H,32,34,36). The Kier molecular flexibility index (Phi) is 6.11. The van der Waals surface area contributed by atoms with Gasteiger partial charge in [0.15, 0.2) is 0 Å². The number of carbonyl (C=O) groups is 2. The number of anilines is 3. The average molecular weight is 474 g/mol. The number of aryl methyl sites for hydroxylation is 1. The molecule has 5 rings (SSSR count). The number of nitrogens with one attached hydrogen (secondary N) is 2. The highest BCUT2D eigenvalue weighted by Crippen LogP contribution is 2.31. The van der Waals surface area contributed by atoms with Crippen LogP contribution in [0.2, 0.25) is 0 Å². The third-order valence-corrected chi connectivity index (χ3v) is 5.92. The molecule has 4 N–H and O–H groups in total. The lowest BCUT2D eigenvalue weighted by atomic mass is 9.99. The van der Waals surface area contributed by atoms with E-state index in [9.17, 15) is 9.59 Å². The van der Waals surface area contributed by atoms with Crippen LogP contribution in [0.25, 0.3) is 33.0 Å². The fourth-order valence-electron chi connectivity index (χ4n) is 4.01. The summed E-state index contributed by atoms with van der Waals surface area (Å²) in [5.41, 5.74) is 12.4. The molecule has 0 saturated carbocycles. The van der Waals surface area contributed by atoms with Crippen LogP contribution in [0.5, 0.6) is 0 Å². The van der Waals surface area contributed by atoms with Crippen LogP contribution in [0.4, 0.5) is 17.2 Å². The molecule has 2 aromatic heterocycles. The molecule has 0 unspecified atom stereocenters. The molecule has 176 valence electrons. The molecule has 36 heavy (non-hydrogen) atoms. The molecule has 0 fully saturated rings. The third-order valence-electron chi connectivity index (χ3n) is 5.92. The molecule has 0 bridgehead atoms. The maximum Gasteiger partial charge on any atom is 0.315 e. The smallest absolute Gasteiger partial charge is 0.315 e. The monoisotopic (exact) mass is 473 g/mol. The topological polar surface area (TPSA) is 110 Å². The van der Waals surface area contributed by atoms with Gasteiger partial charge in [0, 0.05) is 40.9 Å². The second-order valence-electron chi connectivity index (χ2n) is 8.40. The first-order valence-corrected chi connectivity index (χ1v) is 11.4. The maximum absolute atomic E-state index is 12.5. The molecule has 0 radical (unpaired) electrons. The second-order valence-corrected chi connectivity index (χ2v) is 8.40. The summed E-state index contributed by atoms with van der Waals surface area (Å²) in [6.07, 6.45) is 5.11. The van der Waals surface area contributed by atoms with Crippen molar-refractivity contribution < 1.29 is 9.59 Å². The number of nitrogen functional groups attached to an aromatic ring is 1. The molecule has 7 nitrogen and oxygen atoms in total. The summed E-state index contributed by atoms with van der Waals surface area (Å²) >= 11 is 0. The van der Waals surface area contributed by atoms with E-state index in [1.54, 1.807) is 36.8 Å². The first-order chi connectivity index (χ1) is 17.5. The van der Waals surface area contributed by atoms with Crippen LogP contribution in [-0.4, -0.2) is 21.8 Å². The number of carbonyl (C=O) groups excluding carboxylic acids is 2. The number of pyridine rings is 2. The first-order valence-electron chi connectivity index (χ1n) is 11.4. The SMILES string of the molecule is Cc1ccncc1-c1cc(N)c2cnc(NC(=O)C(=O)Nc3ccc(-c4ccccc4)cc3)cc2c1. The molecule has 3 aromatic carbocycles. The van der Waals surface area contributed by atoms with Gasteiger partial charge in [-0.25, -0.2) is 4.98 Å². The normalized spacial score (nSPS) is 10.7. The second kappa shape index (κ2) is 9.68. The number of fused-ring (bicyclic) bond motifs is 1. The molecule has 0 spiro atoms. The maximum atomic E-state index is 12.5. The number of nitrogens with zero attached hydrogens (tertiary/aromatic N) is 2. The lowest BCUT2D eigenvalue weighted by Gasteiger charge is -2.11. The highest BCUT2D eigenvalue weighted by molar-refractivity contribution is 6.43. The van der Waals surface area contributed by atoms with Crippen molar-refractivity contribution in [3.63, 3.8) is 0 Å². The van der Waals surface area contributed by atoms with Crippen molar-refractivity contribution in [3.8, 4) is 22.3 Å². The third kappa shape index (κ3) is 4.76. The van der Waals surface area contributed by atoms with Crippen LogP contribution in [0.1, 0.15) is 5.56 Å². The van der Waals surface area contributed by atoms with Crippen LogP contribution in [0, 0.1) is 6.92 Å². The predicted octanol–water partition coefficient (Wildman–Crippen LogP) is 5.43. The molecule has 0 aliphatic rings. The fourth-order valence-corrected chi connectivity index (χ4v) is 4.01. The van der Waals surface area contributed by atoms with Gasteiger partial charge in [-0.2, -0.15) is 0 Å². The van der Waals surface area contributed by atoms with E-state index in [2.05, 4.69) is 20.6 Å². The van der Waals surface area contributed by atoms with Gasteiger partial charge in [-0.15, -0.1) is 0 Å². The van der Waals surface area contributed by atoms with E-state index in [1.807, 2.05) is 67.6 Å². The van der Waals surface area contributed by atoms with E-state index in [4.69, 9.17) is 5.73 Å². The highest BCUT2D eigenvalue weighted by atomic mass is 16.2. The summed E-state index contributed by atoms with van der Waals surface area (Å²) in [6.45, 7) is 2.00. The minimum Gasteiger partial charge on any atom is -0.398 e. The van der Waals surface area contributed by atoms with Crippen LogP contribution in [0.3, 0.4) is 0 Å². The van der Waals surface area contributed by atoms with Crippen molar-refractivity contribution in [2.45, 2.75) is 6.92 Å². The van der Waals surface area contributed by atoms with Gasteiger partial charge in [0.2, 0.25) is 0 Å². The number of benzene rings is 3. The van der Waals surface area contributed by atoms with E-state index < -0.39 is 11.8 Å². The Bertz CT molecular complexity index is 1580. The fraction of sp³-hybridized carbons (Fsp3) is 0.0345. The van der Waals surface area contributed by atoms with Gasteiger partial charge < -0.3 is 16.4 Å². The Morgan fingerprint density at radius 1 is 0.778 bits per heavy atom. The van der Waals surface area contributed by atoms with Gasteiger partial charge >= 0.3 is 11.8 Å². The van der Waals surface area contributed by atoms with Crippen LogP contribution in [0.15, 0.2) is 97.5 Å². The highest BCUT2D eigenvalue weighted by Gasteiger charge is 2.16. The molecule has 0 aliphatic heterocycles. The predicted molar refractivity (Wildman–Crippen MR) is 143 cm³/mol. The molecular formula is C29H23N5O2. The lowest BCUT2D eigenvalue weighted by Crippen LogP contribution is -2.29. The van der Waals surface area contributed by atoms with E-state index in [0.29, 0.717) is 11.4 Å². The zero-order valence-electron chi connectivity index (χ0n) is 19.5. The van der Waals surface area contributed by atoms with Gasteiger partial charge in [0.05, 0.1) is 0 Å². The largest absolute Gasteiger partial charge is 0.398 e. The quantitative estimate of drug-likeness (QED) is 0.238. The molecule has 5 aromatic rings. The van der Waals surface area contributed by atoms with Gasteiger partial charge in [-0.3, -0.25) is 14.6 Å². The van der Waals surface area contributed by atoms with Crippen LogP contribution >= 0.6 is 0 Å². The summed E-state index contributed by atoms with van der Waals surface area (Å²) in [6, 6.07) is 24.6. The van der Waals surface area contributed by atoms with Crippen molar-refractivity contribution in [2.75, 3.05) is 16.4 Å². The van der Waals surface area contributed by atoms with Gasteiger partial charge in [0.25, 0.3) is 0 Å². The zero-order chi connectivity index (χ0) is 25.1. The number of nitrogens with two attached hydrogens (primary N) is 1. The number of hydrogen-bond acceptors (Lipinski definition) is 5. The Hall–Kier alpha value is -5.04. The van der Waals surface area contributed by atoms with Crippen molar-refractivity contribution in [2.24, 2.45) is 0 Å². The minimum atomic E-state index is -0.818. The van der Waals surface area contributed by atoms with Gasteiger partial charge in [-0.05, 0) is 71.0 Å². The Morgan fingerprint density at radius 2 is 1.50 bits per heavy atom. The van der Waals surface area contributed by atoms with Crippen LogP contribution in [-0.2, 0) is 9.59 Å². The summed E-state index contributed by atoms with van der Waals surface area (Å²) in [7, 11) is 0. The Labute approximate surface area is 208 Å². The van der Waals surface area contributed by atoms with Crippen LogP contribution < -0.4 is 16.4 Å². The van der Waals surface area contributed by atoms with E-state index in [0.717, 1.165) is 38.6 Å². The molecule has 2 heterocycles. The van der Waals surface area contributed by atoms with E-state index >= 15 is 0 Å². The van der Waals surface area contributed by atoms with Gasteiger partial charge in [0.1, 0.15) is 5.82 Å². The summed E-state index contributed by atoms with van der Waals surface area (Å²) in [5.74, 6) is -1.36.